The van der Waals surface area contributed by atoms with Crippen LogP contribution < -0.4 is 4.74 Å². The number of benzene rings is 1. The lowest BCUT2D eigenvalue weighted by atomic mass is 9.85. The van der Waals surface area contributed by atoms with E-state index >= 15 is 0 Å². The summed E-state index contributed by atoms with van der Waals surface area (Å²) in [7, 11) is -3.47. The number of hydrogen-bond donors (Lipinski definition) is 0. The van der Waals surface area contributed by atoms with Gasteiger partial charge < -0.3 is 4.74 Å². The summed E-state index contributed by atoms with van der Waals surface area (Å²) < 4.78 is 27.7. The van der Waals surface area contributed by atoms with Crippen molar-refractivity contribution in [1.82, 2.24) is 0 Å². The lowest BCUT2D eigenvalue weighted by Crippen LogP contribution is -2.40. The highest BCUT2D eigenvalue weighted by Gasteiger charge is 2.40. The summed E-state index contributed by atoms with van der Waals surface area (Å²) in [6.45, 7) is 7.53. The van der Waals surface area contributed by atoms with Crippen LogP contribution in [-0.4, -0.2) is 31.8 Å². The first-order chi connectivity index (χ1) is 8.97. The molecule has 0 spiro atoms. The number of Topliss-reactive ketones (excluding diaryl/α,β-unsaturated/α-hetero) is 1. The summed E-state index contributed by atoms with van der Waals surface area (Å²) in [5.41, 5.74) is 1.20. The second kappa shape index (κ2) is 4.32. The molecule has 0 aromatic heterocycles. The summed E-state index contributed by atoms with van der Waals surface area (Å²) in [5.74, 6) is 0.384. The van der Waals surface area contributed by atoms with Crippen LogP contribution in [0.15, 0.2) is 18.2 Å². The zero-order valence-corrected chi connectivity index (χ0v) is 13.3. The molecule has 4 nitrogen and oxygen atoms in total. The molecule has 1 aliphatic heterocycles. The molecular weight excluding hydrogens is 276 g/mol. The summed E-state index contributed by atoms with van der Waals surface area (Å²) in [6.07, 6.45) is 1.09. The lowest BCUT2D eigenvalue weighted by Gasteiger charge is -2.22. The van der Waals surface area contributed by atoms with Crippen LogP contribution in [0.1, 0.15) is 43.6 Å². The number of ether oxygens (including phenoxy) is 1. The molecular formula is C15H20O4S. The maximum atomic E-state index is 12.5. The van der Waals surface area contributed by atoms with E-state index in [-0.39, 0.29) is 11.2 Å². The second-order valence-electron chi connectivity index (χ2n) is 6.50. The first-order valence-corrected chi connectivity index (χ1v) is 8.38. The van der Waals surface area contributed by atoms with Crippen molar-refractivity contribution < 1.29 is 17.9 Å². The molecule has 0 amide bonds. The number of carbonyl (C=O) groups excluding carboxylic acids is 1. The predicted octanol–water partition coefficient (Wildman–Crippen LogP) is 2.36. The molecule has 0 N–H and O–H groups in total. The Labute approximate surface area is 120 Å². The minimum Gasteiger partial charge on any atom is -0.492 e. The molecule has 5 heteroatoms. The minimum absolute atomic E-state index is 0.166. The van der Waals surface area contributed by atoms with E-state index in [1.165, 1.54) is 13.8 Å². The van der Waals surface area contributed by atoms with Gasteiger partial charge in [0.05, 0.1) is 6.61 Å². The molecule has 0 bridgehead atoms. The van der Waals surface area contributed by atoms with Gasteiger partial charge in [-0.25, -0.2) is 8.42 Å². The van der Waals surface area contributed by atoms with Gasteiger partial charge in [0.15, 0.2) is 15.6 Å². The maximum Gasteiger partial charge on any atom is 0.183 e. The third-order valence-electron chi connectivity index (χ3n) is 4.03. The van der Waals surface area contributed by atoms with E-state index in [4.69, 9.17) is 4.74 Å². The van der Waals surface area contributed by atoms with Crippen molar-refractivity contribution in [1.29, 1.82) is 0 Å². The van der Waals surface area contributed by atoms with Crippen molar-refractivity contribution in [2.75, 3.05) is 12.9 Å². The van der Waals surface area contributed by atoms with Crippen molar-refractivity contribution in [3.8, 4) is 5.75 Å². The molecule has 2 rings (SSSR count). The van der Waals surface area contributed by atoms with Crippen LogP contribution in [0.4, 0.5) is 0 Å². The molecule has 110 valence electrons. The minimum atomic E-state index is -3.47. The molecule has 0 saturated heterocycles. The average Bonchev–Trinajstić information content (AvgIpc) is 2.63. The fourth-order valence-corrected chi connectivity index (χ4v) is 2.63. The fraction of sp³-hybridized carbons (Fsp3) is 0.533. The number of rotatable bonds is 3. The van der Waals surface area contributed by atoms with Gasteiger partial charge in [-0.05, 0) is 32.0 Å². The number of ketones is 1. The van der Waals surface area contributed by atoms with Gasteiger partial charge in [-0.2, -0.15) is 0 Å². The number of carbonyl (C=O) groups is 1. The number of sulfone groups is 1. The van der Waals surface area contributed by atoms with Crippen LogP contribution in [0.25, 0.3) is 0 Å². The Morgan fingerprint density at radius 1 is 1.30 bits per heavy atom. The van der Waals surface area contributed by atoms with Crippen molar-refractivity contribution in [3.05, 3.63) is 29.3 Å². The number of hydrogen-bond acceptors (Lipinski definition) is 4. The Balaban J connectivity index is 2.49. The van der Waals surface area contributed by atoms with Crippen molar-refractivity contribution in [2.45, 2.75) is 37.9 Å². The first-order valence-electron chi connectivity index (χ1n) is 6.48. The lowest BCUT2D eigenvalue weighted by molar-refractivity contribution is 0.0954. The molecule has 1 aliphatic rings. The van der Waals surface area contributed by atoms with E-state index in [0.717, 1.165) is 17.6 Å². The van der Waals surface area contributed by atoms with Gasteiger partial charge in [-0.1, -0.05) is 13.8 Å². The normalized spacial score (nSPS) is 17.4. The van der Waals surface area contributed by atoms with E-state index in [9.17, 15) is 13.2 Å². The largest absolute Gasteiger partial charge is 0.492 e. The Hall–Kier alpha value is -1.36. The van der Waals surface area contributed by atoms with Crippen LogP contribution in [0.3, 0.4) is 0 Å². The molecule has 0 fully saturated rings. The zero-order chi connectivity index (χ0) is 15.3. The van der Waals surface area contributed by atoms with E-state index < -0.39 is 14.6 Å². The first kappa shape index (κ1) is 15.0. The molecule has 0 radical (unpaired) electrons. The van der Waals surface area contributed by atoms with Crippen LogP contribution in [-0.2, 0) is 15.3 Å². The maximum absolute atomic E-state index is 12.5. The third kappa shape index (κ3) is 2.24. The standard InChI is InChI=1S/C15H20O4S/c1-14(2)9-19-12-7-6-10(8-11(12)14)13(16)15(3,4)20(5,17)18/h6-8H,9H2,1-5H3. The highest BCUT2D eigenvalue weighted by molar-refractivity contribution is 7.92. The van der Waals surface area contributed by atoms with E-state index in [2.05, 4.69) is 0 Å². The Morgan fingerprint density at radius 3 is 2.45 bits per heavy atom. The van der Waals surface area contributed by atoms with Crippen molar-refractivity contribution in [2.24, 2.45) is 0 Å². The van der Waals surface area contributed by atoms with Gasteiger partial charge in [0.2, 0.25) is 0 Å². The summed E-state index contributed by atoms with van der Waals surface area (Å²) in [6, 6.07) is 5.14. The molecule has 20 heavy (non-hydrogen) atoms. The third-order valence-corrected chi connectivity index (χ3v) is 6.07. The number of fused-ring (bicyclic) bond motifs is 1. The molecule has 1 heterocycles. The van der Waals surface area contributed by atoms with Crippen LogP contribution in [0, 0.1) is 0 Å². The van der Waals surface area contributed by atoms with Gasteiger partial charge in [-0.15, -0.1) is 0 Å². The van der Waals surface area contributed by atoms with Crippen LogP contribution >= 0.6 is 0 Å². The average molecular weight is 296 g/mol. The Bertz CT molecular complexity index is 669. The molecule has 0 saturated carbocycles. The van der Waals surface area contributed by atoms with Crippen molar-refractivity contribution in [3.63, 3.8) is 0 Å². The van der Waals surface area contributed by atoms with E-state index in [1.807, 2.05) is 13.8 Å². The summed E-state index contributed by atoms with van der Waals surface area (Å²) >= 11 is 0. The van der Waals surface area contributed by atoms with Crippen LogP contribution in [0.2, 0.25) is 0 Å². The van der Waals surface area contributed by atoms with Gasteiger partial charge in [-0.3, -0.25) is 4.79 Å². The van der Waals surface area contributed by atoms with Gasteiger partial charge in [0, 0.05) is 22.8 Å². The van der Waals surface area contributed by atoms with E-state index in [0.29, 0.717) is 12.2 Å². The second-order valence-corrected chi connectivity index (χ2v) is 9.06. The summed E-state index contributed by atoms with van der Waals surface area (Å²) in [5, 5.41) is 0. The highest BCUT2D eigenvalue weighted by Crippen LogP contribution is 2.39. The van der Waals surface area contributed by atoms with Gasteiger partial charge in [0.25, 0.3) is 0 Å². The van der Waals surface area contributed by atoms with Gasteiger partial charge in [0.1, 0.15) is 10.5 Å². The topological polar surface area (TPSA) is 60.4 Å². The molecule has 1 aromatic rings. The van der Waals surface area contributed by atoms with Gasteiger partial charge >= 0.3 is 0 Å². The van der Waals surface area contributed by atoms with Crippen molar-refractivity contribution >= 4 is 15.6 Å². The Kier molecular flexibility index (Phi) is 3.25. The van der Waals surface area contributed by atoms with E-state index in [1.54, 1.807) is 18.2 Å². The smallest absolute Gasteiger partial charge is 0.183 e. The zero-order valence-electron chi connectivity index (χ0n) is 12.5. The predicted molar refractivity (Wildman–Crippen MR) is 78.2 cm³/mol. The molecule has 0 atom stereocenters. The van der Waals surface area contributed by atoms with Crippen LogP contribution in [0.5, 0.6) is 5.75 Å². The SMILES string of the molecule is CC1(C)COc2ccc(C(=O)C(C)(C)S(C)(=O)=O)cc21. The summed E-state index contributed by atoms with van der Waals surface area (Å²) in [4.78, 5) is 12.5. The highest BCUT2D eigenvalue weighted by atomic mass is 32.2. The molecule has 0 aliphatic carbocycles. The fourth-order valence-electron chi connectivity index (χ4n) is 2.18. The monoisotopic (exact) mass is 296 g/mol. The quantitative estimate of drug-likeness (QED) is 0.803. The Morgan fingerprint density at radius 2 is 1.90 bits per heavy atom. The molecule has 1 aromatic carbocycles. The molecule has 0 unspecified atom stereocenters.